The number of amidine groups is 1. The average Bonchev–Trinajstić information content (AvgIpc) is 3.18. The molecule has 0 unspecified atom stereocenters. The van der Waals surface area contributed by atoms with Crippen molar-refractivity contribution in [2.24, 2.45) is 9.50 Å². The number of nitrogens with one attached hydrogen (secondary N) is 1. The summed E-state index contributed by atoms with van der Waals surface area (Å²) in [6.45, 7) is 0. The number of imidazole rings is 1. The fraction of sp³-hybridized carbons (Fsp3) is 0.250. The maximum atomic E-state index is 12.5. The van der Waals surface area contributed by atoms with Crippen molar-refractivity contribution >= 4 is 40.4 Å². The smallest absolute Gasteiger partial charge is 0.512 e. The molecule has 0 saturated heterocycles. The molecule has 0 radical (unpaired) electrons. The van der Waals surface area contributed by atoms with Crippen LogP contribution in [0, 0.1) is 0 Å². The molecule has 0 amide bonds. The van der Waals surface area contributed by atoms with Crippen LogP contribution < -0.4 is 10.3 Å². The Morgan fingerprint density at radius 1 is 1.27 bits per heavy atom. The molecule has 2 heterocycles. The molecule has 5 rings (SSSR count). The van der Waals surface area contributed by atoms with Crippen LogP contribution in [0.4, 0.5) is 0 Å². The fourth-order valence-electron chi connectivity index (χ4n) is 3.98. The molecule has 170 valence electrons. The number of fused-ring (bicyclic) bond motifs is 2. The highest BCUT2D eigenvalue weighted by Gasteiger charge is 2.32. The normalized spacial score (nSPS) is 17.1. The maximum Gasteiger partial charge on any atom is 0.707 e. The molecule has 33 heavy (non-hydrogen) atoms. The first-order chi connectivity index (χ1) is 15.7. The summed E-state index contributed by atoms with van der Waals surface area (Å²) < 4.78 is 35.3. The second-order valence-electron chi connectivity index (χ2n) is 7.92. The minimum atomic E-state index is -3.99. The predicted octanol–water partition coefficient (Wildman–Crippen LogP) is 0.818. The van der Waals surface area contributed by atoms with Crippen LogP contribution in [0.15, 0.2) is 55.6 Å². The molecule has 2 aromatic carbocycles. The Morgan fingerprint density at radius 2 is 2.06 bits per heavy atom. The second kappa shape index (κ2) is 7.87. The fourth-order valence-corrected chi connectivity index (χ4v) is 5.22. The van der Waals surface area contributed by atoms with Crippen LogP contribution in [0.2, 0.25) is 0 Å². The van der Waals surface area contributed by atoms with Gasteiger partial charge in [0.05, 0.1) is 17.2 Å². The molecule has 0 spiro atoms. The lowest BCUT2D eigenvalue weighted by Crippen LogP contribution is -2.26. The number of rotatable bonds is 5. The van der Waals surface area contributed by atoms with Crippen LogP contribution in [-0.4, -0.2) is 59.4 Å². The Kier molecular flexibility index (Phi) is 5.11. The van der Waals surface area contributed by atoms with E-state index in [1.165, 1.54) is 23.2 Å². The molecular weight excluding hydrogens is 449 g/mol. The minimum absolute atomic E-state index is 0.0211. The molecule has 1 aliphatic carbocycles. The number of nitrogens with zero attached hydrogens (tertiary/aromatic N) is 4. The Hall–Kier alpha value is -3.42. The maximum absolute atomic E-state index is 12.5. The van der Waals surface area contributed by atoms with Crippen LogP contribution in [0.3, 0.4) is 0 Å². The monoisotopic (exact) mass is 469 g/mol. The Balaban J connectivity index is 1.43. The van der Waals surface area contributed by atoms with E-state index in [9.17, 15) is 13.2 Å². The van der Waals surface area contributed by atoms with E-state index in [-0.39, 0.29) is 28.2 Å². The predicted molar refractivity (Wildman–Crippen MR) is 122 cm³/mol. The third-order valence-corrected chi connectivity index (χ3v) is 7.10. The first-order valence-corrected chi connectivity index (χ1v) is 11.7. The Morgan fingerprint density at radius 3 is 2.76 bits per heavy atom. The van der Waals surface area contributed by atoms with E-state index in [0.29, 0.717) is 5.56 Å². The molecule has 1 aromatic heterocycles. The molecule has 3 N–H and O–H groups in total. The van der Waals surface area contributed by atoms with Gasteiger partial charge in [0, 0.05) is 18.7 Å². The zero-order chi connectivity index (χ0) is 23.3. The summed E-state index contributed by atoms with van der Waals surface area (Å²) in [5.41, 5.74) is 2.49. The van der Waals surface area contributed by atoms with Crippen molar-refractivity contribution in [3.05, 3.63) is 58.0 Å². The van der Waals surface area contributed by atoms with Gasteiger partial charge < -0.3 is 19.7 Å². The van der Waals surface area contributed by atoms with E-state index in [1.54, 1.807) is 17.8 Å². The number of H-pyrrole nitrogens is 1. The van der Waals surface area contributed by atoms with E-state index >= 15 is 0 Å². The van der Waals surface area contributed by atoms with E-state index < -0.39 is 17.3 Å². The van der Waals surface area contributed by atoms with Gasteiger partial charge in [-0.2, -0.15) is 13.5 Å². The number of hydrogen-bond donors (Lipinski definition) is 3. The molecule has 1 saturated carbocycles. The lowest BCUT2D eigenvalue weighted by atomic mass is 9.93. The highest BCUT2D eigenvalue weighted by Crippen LogP contribution is 2.33. The number of hydrogen-bond acceptors (Lipinski definition) is 8. The Labute approximate surface area is 188 Å². The van der Waals surface area contributed by atoms with Gasteiger partial charge in [0.1, 0.15) is 10.6 Å². The van der Waals surface area contributed by atoms with Gasteiger partial charge in [-0.25, -0.2) is 9.80 Å². The van der Waals surface area contributed by atoms with Gasteiger partial charge in [-0.15, -0.1) is 4.40 Å². The highest BCUT2D eigenvalue weighted by molar-refractivity contribution is 7.90. The SMILES string of the molecule is CN(/N=C/c1ccc2[nH]c(=O)n(C3CCC3)c2c1)C1=NS(=O)(=O)c2cc(OB(O)O)ccc21. The van der Waals surface area contributed by atoms with Crippen LogP contribution in [0.1, 0.15) is 36.4 Å². The number of sulfonamides is 1. The molecule has 3 aromatic rings. The van der Waals surface area contributed by atoms with Crippen LogP contribution in [0.25, 0.3) is 11.0 Å². The summed E-state index contributed by atoms with van der Waals surface area (Å²) in [6.07, 6.45) is 4.63. The van der Waals surface area contributed by atoms with Crippen LogP contribution >= 0.6 is 0 Å². The summed E-state index contributed by atoms with van der Waals surface area (Å²) in [7, 11) is -4.49. The van der Waals surface area contributed by atoms with Crippen molar-refractivity contribution in [3.63, 3.8) is 0 Å². The van der Waals surface area contributed by atoms with E-state index in [1.807, 2.05) is 18.2 Å². The van der Waals surface area contributed by atoms with Gasteiger partial charge in [0.15, 0.2) is 5.84 Å². The molecule has 13 heteroatoms. The van der Waals surface area contributed by atoms with Crippen LogP contribution in [0.5, 0.6) is 5.75 Å². The van der Waals surface area contributed by atoms with Gasteiger partial charge in [-0.3, -0.25) is 4.57 Å². The van der Waals surface area contributed by atoms with Crippen LogP contribution in [-0.2, 0) is 10.0 Å². The molecular formula is C20H20BN5O6S. The number of hydrazone groups is 1. The summed E-state index contributed by atoms with van der Waals surface area (Å²) in [6, 6.07) is 9.75. The summed E-state index contributed by atoms with van der Waals surface area (Å²) in [4.78, 5) is 15.1. The standard InChI is InChI=1S/C20H20BN5O6S/c1-25(19-15-7-6-14(32-21(28)29)10-18(15)33(30,31)24-19)22-11-12-5-8-16-17(9-12)26(20(27)23-16)13-3-2-4-13/h5-11,13,28-29H,2-4H2,1H3,(H,23,27)/b22-11+. The molecule has 1 aliphatic heterocycles. The number of aromatic nitrogens is 2. The van der Waals surface area contributed by atoms with E-state index in [2.05, 4.69) is 14.5 Å². The van der Waals surface area contributed by atoms with Gasteiger partial charge in [-0.1, -0.05) is 6.07 Å². The largest absolute Gasteiger partial charge is 0.707 e. The van der Waals surface area contributed by atoms with E-state index in [0.717, 1.165) is 35.9 Å². The molecule has 0 atom stereocenters. The summed E-state index contributed by atoms with van der Waals surface area (Å²) >= 11 is 0. The first kappa shape index (κ1) is 21.4. The van der Waals surface area contributed by atoms with Gasteiger partial charge in [-0.05, 0) is 55.2 Å². The van der Waals surface area contributed by atoms with Gasteiger partial charge in [0.25, 0.3) is 10.0 Å². The quantitative estimate of drug-likeness (QED) is 0.285. The highest BCUT2D eigenvalue weighted by atomic mass is 32.2. The number of aromatic amines is 1. The number of benzene rings is 2. The lowest BCUT2D eigenvalue weighted by molar-refractivity contribution is 0.288. The minimum Gasteiger partial charge on any atom is -0.512 e. The third kappa shape index (κ3) is 3.83. The zero-order valence-corrected chi connectivity index (χ0v) is 18.4. The zero-order valence-electron chi connectivity index (χ0n) is 17.5. The third-order valence-electron chi connectivity index (χ3n) is 5.79. The molecule has 2 aliphatic rings. The van der Waals surface area contributed by atoms with Crippen molar-refractivity contribution in [1.82, 2.24) is 14.6 Å². The first-order valence-electron chi connectivity index (χ1n) is 10.3. The summed E-state index contributed by atoms with van der Waals surface area (Å²) in [5.74, 6) is 0.0960. The average molecular weight is 469 g/mol. The molecule has 11 nitrogen and oxygen atoms in total. The molecule has 0 bridgehead atoms. The lowest BCUT2D eigenvalue weighted by Gasteiger charge is -2.26. The van der Waals surface area contributed by atoms with Gasteiger partial charge in [0.2, 0.25) is 0 Å². The van der Waals surface area contributed by atoms with Crippen molar-refractivity contribution < 1.29 is 23.1 Å². The van der Waals surface area contributed by atoms with Gasteiger partial charge >= 0.3 is 13.0 Å². The van der Waals surface area contributed by atoms with Crippen molar-refractivity contribution in [2.45, 2.75) is 30.2 Å². The second-order valence-corrected chi connectivity index (χ2v) is 9.49. The van der Waals surface area contributed by atoms with E-state index in [4.69, 9.17) is 14.7 Å². The van der Waals surface area contributed by atoms with Crippen molar-refractivity contribution in [1.29, 1.82) is 0 Å². The Bertz CT molecular complexity index is 1470. The van der Waals surface area contributed by atoms with Crippen molar-refractivity contribution in [3.8, 4) is 5.75 Å². The van der Waals surface area contributed by atoms with Crippen molar-refractivity contribution in [2.75, 3.05) is 7.05 Å². The molecule has 1 fully saturated rings. The summed E-state index contributed by atoms with van der Waals surface area (Å²) in [5, 5.41) is 23.6. The topological polar surface area (TPSA) is 150 Å².